The molecular formula is C13H13N3O5S. The van der Waals surface area contributed by atoms with E-state index in [1.165, 1.54) is 12.1 Å². The monoisotopic (exact) mass is 323 g/mol. The molecule has 1 aromatic carbocycles. The van der Waals surface area contributed by atoms with Crippen molar-refractivity contribution in [3.8, 4) is 5.75 Å². The van der Waals surface area contributed by atoms with E-state index in [0.717, 1.165) is 6.21 Å². The van der Waals surface area contributed by atoms with E-state index in [2.05, 4.69) is 16.3 Å². The van der Waals surface area contributed by atoms with Gasteiger partial charge in [0.1, 0.15) is 12.4 Å². The van der Waals surface area contributed by atoms with Gasteiger partial charge in [-0.25, -0.2) is 18.2 Å². The second-order valence-electron chi connectivity index (χ2n) is 4.26. The first-order valence-electron chi connectivity index (χ1n) is 6.17. The number of aliphatic imine (C=N–C) groups is 1. The summed E-state index contributed by atoms with van der Waals surface area (Å²) < 4.78 is 31.7. The molecule has 0 saturated carbocycles. The number of carbonyl (C=O) groups excluding carboxylic acids is 2. The zero-order chi connectivity index (χ0) is 16.2. The van der Waals surface area contributed by atoms with Crippen LogP contribution in [0.25, 0.3) is 0 Å². The molecule has 0 spiro atoms. The molecule has 1 aliphatic rings. The highest BCUT2D eigenvalue weighted by Crippen LogP contribution is 2.18. The van der Waals surface area contributed by atoms with E-state index in [4.69, 9.17) is 4.74 Å². The van der Waals surface area contributed by atoms with Crippen molar-refractivity contribution in [3.05, 3.63) is 36.9 Å². The van der Waals surface area contributed by atoms with E-state index in [0.29, 0.717) is 12.4 Å². The zero-order valence-electron chi connectivity index (χ0n) is 11.4. The van der Waals surface area contributed by atoms with Gasteiger partial charge in [0, 0.05) is 11.9 Å². The normalized spacial score (nSPS) is 17.7. The molecule has 1 heterocycles. The molecular weight excluding hydrogens is 310 g/mol. The van der Waals surface area contributed by atoms with Gasteiger partial charge in [-0.2, -0.15) is 0 Å². The number of imide groups is 1. The molecule has 3 amide bonds. The second-order valence-corrected chi connectivity index (χ2v) is 6.07. The lowest BCUT2D eigenvalue weighted by atomic mass is 10.3. The van der Waals surface area contributed by atoms with Crippen LogP contribution in [0.3, 0.4) is 0 Å². The molecule has 0 saturated heterocycles. The van der Waals surface area contributed by atoms with E-state index in [9.17, 15) is 18.0 Å². The summed E-state index contributed by atoms with van der Waals surface area (Å²) in [6.45, 7) is 3.85. The molecule has 2 N–H and O–H groups in total. The Bertz CT molecular complexity index is 725. The zero-order valence-corrected chi connectivity index (χ0v) is 12.2. The maximum Gasteiger partial charge on any atom is 0.347 e. The largest absolute Gasteiger partial charge is 0.490 e. The van der Waals surface area contributed by atoms with Crippen LogP contribution in [-0.2, 0) is 14.8 Å². The van der Waals surface area contributed by atoms with Gasteiger partial charge in [-0.15, -0.1) is 0 Å². The number of hydrogen-bond donors (Lipinski definition) is 2. The number of ether oxygens (including phenoxy) is 1. The van der Waals surface area contributed by atoms with Gasteiger partial charge in [0.15, 0.2) is 5.25 Å². The maximum absolute atomic E-state index is 12.1. The summed E-state index contributed by atoms with van der Waals surface area (Å²) in [6, 6.07) is 5.22. The number of amides is 3. The van der Waals surface area contributed by atoms with Crippen molar-refractivity contribution in [1.29, 1.82) is 0 Å². The lowest BCUT2D eigenvalue weighted by Gasteiger charge is -2.16. The first-order chi connectivity index (χ1) is 10.4. The van der Waals surface area contributed by atoms with Crippen LogP contribution < -0.4 is 14.8 Å². The third-order valence-corrected chi connectivity index (χ3v) is 4.16. The predicted molar refractivity (Wildman–Crippen MR) is 80.5 cm³/mol. The number of rotatable bonds is 6. The molecule has 0 aromatic heterocycles. The summed E-state index contributed by atoms with van der Waals surface area (Å²) in [6.07, 6.45) is 2.38. The molecule has 1 unspecified atom stereocenters. The Morgan fingerprint density at radius 1 is 1.32 bits per heavy atom. The number of benzene rings is 1. The number of sulfonamides is 1. The van der Waals surface area contributed by atoms with E-state index in [-0.39, 0.29) is 5.69 Å². The van der Waals surface area contributed by atoms with Gasteiger partial charge < -0.3 is 4.74 Å². The Balaban J connectivity index is 2.11. The Hall–Kier alpha value is -2.68. The Kier molecular flexibility index (Phi) is 4.56. The third kappa shape index (κ3) is 3.70. The molecule has 1 aliphatic heterocycles. The lowest BCUT2D eigenvalue weighted by molar-refractivity contribution is -0.118. The molecule has 116 valence electrons. The molecule has 1 atom stereocenters. The van der Waals surface area contributed by atoms with Crippen LogP contribution >= 0.6 is 0 Å². The molecule has 9 heteroatoms. The van der Waals surface area contributed by atoms with Crippen molar-refractivity contribution in [2.45, 2.75) is 5.25 Å². The smallest absolute Gasteiger partial charge is 0.347 e. The first-order valence-corrected chi connectivity index (χ1v) is 7.71. The second kappa shape index (κ2) is 6.39. The number of anilines is 1. The molecule has 0 radical (unpaired) electrons. The van der Waals surface area contributed by atoms with E-state index >= 15 is 0 Å². The molecule has 22 heavy (non-hydrogen) atoms. The van der Waals surface area contributed by atoms with Crippen molar-refractivity contribution in [1.82, 2.24) is 5.32 Å². The number of nitrogens with one attached hydrogen (secondary N) is 2. The highest BCUT2D eigenvalue weighted by Gasteiger charge is 2.35. The molecule has 1 aromatic rings. The van der Waals surface area contributed by atoms with Crippen molar-refractivity contribution in [3.63, 3.8) is 0 Å². The van der Waals surface area contributed by atoms with Gasteiger partial charge in [-0.05, 0) is 24.3 Å². The van der Waals surface area contributed by atoms with Crippen LogP contribution in [-0.4, -0.2) is 38.4 Å². The summed E-state index contributed by atoms with van der Waals surface area (Å²) in [5.41, 5.74) is 0.254. The predicted octanol–water partition coefficient (Wildman–Crippen LogP) is 0.682. The Morgan fingerprint density at radius 3 is 2.59 bits per heavy atom. The van der Waals surface area contributed by atoms with E-state index in [1.807, 2.05) is 5.32 Å². The van der Waals surface area contributed by atoms with E-state index in [1.54, 1.807) is 18.2 Å². The number of carbonyl (C=O) groups is 2. The molecule has 0 aliphatic carbocycles. The van der Waals surface area contributed by atoms with Crippen LogP contribution in [0.1, 0.15) is 0 Å². The first kappa shape index (κ1) is 15.7. The summed E-state index contributed by atoms with van der Waals surface area (Å²) >= 11 is 0. The van der Waals surface area contributed by atoms with Crippen LogP contribution in [0.4, 0.5) is 10.5 Å². The Morgan fingerprint density at radius 2 is 2.00 bits per heavy atom. The minimum Gasteiger partial charge on any atom is -0.490 e. The van der Waals surface area contributed by atoms with Crippen LogP contribution in [0, 0.1) is 0 Å². The highest BCUT2D eigenvalue weighted by molar-refractivity contribution is 7.94. The fourth-order valence-corrected chi connectivity index (χ4v) is 2.79. The maximum atomic E-state index is 12.1. The number of hydrogen-bond acceptors (Lipinski definition) is 5. The number of nitrogens with zero attached hydrogens (tertiary/aromatic N) is 1. The Labute approximate surface area is 126 Å². The van der Waals surface area contributed by atoms with Crippen molar-refractivity contribution in [2.24, 2.45) is 4.99 Å². The summed E-state index contributed by atoms with van der Waals surface area (Å²) in [5, 5.41) is 0.262. The lowest BCUT2D eigenvalue weighted by Crippen LogP contribution is -2.48. The standard InChI is InChI=1S/C13H13N3O5S/c1-2-7-21-10-5-3-9(4-6-10)16-22(19,20)11-8-14-13(18)15-12(11)17/h2-6,8,11,16H,1,7H2,(H,15,17,18). The van der Waals surface area contributed by atoms with Gasteiger partial charge in [0.05, 0.1) is 0 Å². The van der Waals surface area contributed by atoms with Gasteiger partial charge in [0.2, 0.25) is 10.0 Å². The molecule has 2 rings (SSSR count). The highest BCUT2D eigenvalue weighted by atomic mass is 32.2. The number of urea groups is 1. The quantitative estimate of drug-likeness (QED) is 0.747. The van der Waals surface area contributed by atoms with Gasteiger partial charge >= 0.3 is 6.03 Å². The minimum atomic E-state index is -4.06. The van der Waals surface area contributed by atoms with Gasteiger partial charge in [0.25, 0.3) is 5.91 Å². The minimum absolute atomic E-state index is 0.254. The molecule has 0 bridgehead atoms. The van der Waals surface area contributed by atoms with Crippen LogP contribution in [0.5, 0.6) is 5.75 Å². The van der Waals surface area contributed by atoms with E-state index < -0.39 is 27.2 Å². The van der Waals surface area contributed by atoms with Crippen LogP contribution in [0.2, 0.25) is 0 Å². The average molecular weight is 323 g/mol. The molecule has 8 nitrogen and oxygen atoms in total. The summed E-state index contributed by atoms with van der Waals surface area (Å²) in [4.78, 5) is 25.7. The fraction of sp³-hybridized carbons (Fsp3) is 0.154. The van der Waals surface area contributed by atoms with Gasteiger partial charge in [-0.3, -0.25) is 14.8 Å². The third-order valence-electron chi connectivity index (χ3n) is 2.63. The van der Waals surface area contributed by atoms with Crippen molar-refractivity contribution < 1.29 is 22.7 Å². The van der Waals surface area contributed by atoms with Crippen molar-refractivity contribution in [2.75, 3.05) is 11.3 Å². The fourth-order valence-electron chi connectivity index (χ4n) is 1.64. The summed E-state index contributed by atoms with van der Waals surface area (Å²) in [7, 11) is -4.06. The summed E-state index contributed by atoms with van der Waals surface area (Å²) in [5.74, 6) is -0.399. The topological polar surface area (TPSA) is 114 Å². The van der Waals surface area contributed by atoms with Crippen molar-refractivity contribution >= 4 is 33.9 Å². The van der Waals surface area contributed by atoms with Crippen LogP contribution in [0.15, 0.2) is 41.9 Å². The SMILES string of the molecule is C=CCOc1ccc(NS(=O)(=O)C2C=NC(=O)NC2=O)cc1. The average Bonchev–Trinajstić information content (AvgIpc) is 2.45. The van der Waals surface area contributed by atoms with Gasteiger partial charge in [-0.1, -0.05) is 12.7 Å². The molecule has 0 fully saturated rings.